The Morgan fingerprint density at radius 3 is 2.39 bits per heavy atom. The van der Waals surface area contributed by atoms with E-state index in [1.54, 1.807) is 25.1 Å². The fourth-order valence-electron chi connectivity index (χ4n) is 3.22. The maximum absolute atomic E-state index is 13.6. The lowest BCUT2D eigenvalue weighted by Gasteiger charge is -2.19. The molecule has 0 unspecified atom stereocenters. The number of hydrogen-bond acceptors (Lipinski definition) is 4. The molecule has 0 saturated heterocycles. The third kappa shape index (κ3) is 5.88. The van der Waals surface area contributed by atoms with Gasteiger partial charge in [-0.05, 0) is 54.8 Å². The summed E-state index contributed by atoms with van der Waals surface area (Å²) in [6.07, 6.45) is 1.43. The van der Waals surface area contributed by atoms with Gasteiger partial charge in [0.2, 0.25) is 5.91 Å². The monoisotopic (exact) mass is 427 g/mol. The third-order valence-electron chi connectivity index (χ3n) is 4.67. The molecule has 5 N–H and O–H groups in total. The molecular formula is C22H23F2N5O2. The van der Waals surface area contributed by atoms with E-state index in [-0.39, 0.29) is 18.5 Å². The topological polar surface area (TPSA) is 113 Å². The van der Waals surface area contributed by atoms with Crippen molar-refractivity contribution in [3.05, 3.63) is 82.3 Å². The molecule has 1 aromatic carbocycles. The van der Waals surface area contributed by atoms with E-state index in [4.69, 9.17) is 5.73 Å². The molecule has 31 heavy (non-hydrogen) atoms. The first-order valence-electron chi connectivity index (χ1n) is 9.61. The summed E-state index contributed by atoms with van der Waals surface area (Å²) in [6.45, 7) is 3.73. The predicted octanol–water partition coefficient (Wildman–Crippen LogP) is 2.54. The zero-order valence-corrected chi connectivity index (χ0v) is 17.1. The van der Waals surface area contributed by atoms with Gasteiger partial charge < -0.3 is 21.4 Å². The number of halogens is 2. The van der Waals surface area contributed by atoms with Crippen LogP contribution in [0.15, 0.2) is 42.6 Å². The third-order valence-corrected chi connectivity index (χ3v) is 4.67. The number of carbonyl (C=O) groups is 2. The van der Waals surface area contributed by atoms with E-state index >= 15 is 0 Å². The molecule has 162 valence electrons. The van der Waals surface area contributed by atoms with Crippen molar-refractivity contribution in [3.8, 4) is 0 Å². The Bertz CT molecular complexity index is 1080. The molecule has 0 aliphatic carbocycles. The van der Waals surface area contributed by atoms with Crippen LogP contribution in [-0.2, 0) is 17.8 Å². The highest BCUT2D eigenvalue weighted by molar-refractivity contribution is 5.97. The Morgan fingerprint density at radius 2 is 1.81 bits per heavy atom. The second-order valence-electron chi connectivity index (χ2n) is 7.33. The molecule has 0 aliphatic heterocycles. The van der Waals surface area contributed by atoms with Gasteiger partial charge in [-0.15, -0.1) is 0 Å². The number of pyridine rings is 1. The van der Waals surface area contributed by atoms with E-state index in [2.05, 4.69) is 20.6 Å². The van der Waals surface area contributed by atoms with Gasteiger partial charge in [0.15, 0.2) is 0 Å². The number of nitrogens with one attached hydrogen (secondary N) is 3. The summed E-state index contributed by atoms with van der Waals surface area (Å²) in [5, 5.41) is 5.37. The first kappa shape index (κ1) is 21.9. The van der Waals surface area contributed by atoms with Gasteiger partial charge in [0, 0.05) is 30.9 Å². The Morgan fingerprint density at radius 1 is 1.10 bits per heavy atom. The molecular weight excluding hydrogens is 404 g/mol. The number of amides is 2. The number of carbonyl (C=O) groups excluding carboxylic acids is 2. The van der Waals surface area contributed by atoms with Crippen molar-refractivity contribution < 1.29 is 18.4 Å². The quantitative estimate of drug-likeness (QED) is 0.464. The number of nitrogen functional groups attached to an aromatic ring is 1. The average Bonchev–Trinajstić information content (AvgIpc) is 3.04. The van der Waals surface area contributed by atoms with E-state index in [0.717, 1.165) is 29.5 Å². The fraction of sp³-hybridized carbons (Fsp3) is 0.227. The second kappa shape index (κ2) is 9.38. The van der Waals surface area contributed by atoms with Crippen LogP contribution in [0, 0.1) is 25.5 Å². The molecule has 0 aliphatic rings. The molecule has 7 nitrogen and oxygen atoms in total. The number of H-pyrrole nitrogens is 1. The molecule has 2 aromatic heterocycles. The van der Waals surface area contributed by atoms with Crippen molar-refractivity contribution in [2.75, 3.05) is 5.73 Å². The minimum absolute atomic E-state index is 0.0923. The number of nitrogens with two attached hydrogens (primary N) is 1. The number of hydrogen-bond donors (Lipinski definition) is 4. The number of benzene rings is 1. The van der Waals surface area contributed by atoms with Crippen molar-refractivity contribution >= 4 is 17.6 Å². The maximum atomic E-state index is 13.6. The molecule has 2 amide bonds. The number of nitrogens with zero attached hydrogens (tertiary/aromatic N) is 1. The van der Waals surface area contributed by atoms with Gasteiger partial charge in [-0.1, -0.05) is 6.07 Å². The van der Waals surface area contributed by atoms with E-state index in [1.807, 2.05) is 6.92 Å². The van der Waals surface area contributed by atoms with E-state index in [0.29, 0.717) is 17.1 Å². The average molecular weight is 427 g/mol. The molecule has 3 rings (SSSR count). The predicted molar refractivity (Wildman–Crippen MR) is 112 cm³/mol. The lowest BCUT2D eigenvalue weighted by molar-refractivity contribution is -0.123. The molecule has 0 spiro atoms. The number of aryl methyl sites for hydroxylation is 2. The van der Waals surface area contributed by atoms with Crippen LogP contribution in [0.1, 0.15) is 32.9 Å². The summed E-state index contributed by atoms with van der Waals surface area (Å²) in [6, 6.07) is 7.07. The van der Waals surface area contributed by atoms with E-state index in [9.17, 15) is 18.4 Å². The first-order chi connectivity index (χ1) is 14.7. The highest BCUT2D eigenvalue weighted by Gasteiger charge is 2.24. The summed E-state index contributed by atoms with van der Waals surface area (Å²) < 4.78 is 27.2. The van der Waals surface area contributed by atoms with Crippen LogP contribution in [-0.4, -0.2) is 27.8 Å². The van der Waals surface area contributed by atoms with Crippen molar-refractivity contribution in [2.24, 2.45) is 0 Å². The Labute approximate surface area is 178 Å². The van der Waals surface area contributed by atoms with Gasteiger partial charge in [-0.3, -0.25) is 9.59 Å². The highest BCUT2D eigenvalue weighted by Crippen LogP contribution is 2.13. The van der Waals surface area contributed by atoms with Gasteiger partial charge >= 0.3 is 0 Å². The standard InChI is InChI=1S/C22H23F2N5O2/c1-12-5-13(2)28-20(12)22(31)29-18(8-15-6-16(23)9-17(24)7-15)21(30)27-11-14-3-4-19(25)26-10-14/h3-7,9-10,18,28H,8,11H2,1-2H3,(H2,25,26)(H,27,30)(H,29,31)/t18-/m0/s1. The van der Waals surface area contributed by atoms with Crippen molar-refractivity contribution in [2.45, 2.75) is 32.9 Å². The summed E-state index contributed by atoms with van der Waals surface area (Å²) in [4.78, 5) is 32.5. The lowest BCUT2D eigenvalue weighted by Crippen LogP contribution is -2.48. The van der Waals surface area contributed by atoms with Gasteiger partial charge in [0.05, 0.1) is 0 Å². The molecule has 0 radical (unpaired) electrons. The van der Waals surface area contributed by atoms with Gasteiger partial charge in [0.25, 0.3) is 5.91 Å². The van der Waals surface area contributed by atoms with Gasteiger partial charge in [-0.2, -0.15) is 0 Å². The molecule has 0 bridgehead atoms. The Balaban J connectivity index is 1.78. The van der Waals surface area contributed by atoms with Crippen LogP contribution in [0.5, 0.6) is 0 Å². The van der Waals surface area contributed by atoms with Gasteiger partial charge in [0.1, 0.15) is 29.2 Å². The smallest absolute Gasteiger partial charge is 0.268 e. The summed E-state index contributed by atoms with van der Waals surface area (Å²) in [5.74, 6) is -2.16. The number of aromatic nitrogens is 2. The number of rotatable bonds is 7. The Kier molecular flexibility index (Phi) is 6.64. The minimum atomic E-state index is -1.06. The van der Waals surface area contributed by atoms with Crippen molar-refractivity contribution in [1.29, 1.82) is 0 Å². The molecule has 9 heteroatoms. The van der Waals surface area contributed by atoms with E-state index < -0.39 is 29.5 Å². The summed E-state index contributed by atoms with van der Waals surface area (Å²) in [7, 11) is 0. The number of anilines is 1. The molecule has 0 saturated carbocycles. The van der Waals surface area contributed by atoms with Crippen LogP contribution in [0.2, 0.25) is 0 Å². The summed E-state index contributed by atoms with van der Waals surface area (Å²) >= 11 is 0. The largest absolute Gasteiger partial charge is 0.384 e. The second-order valence-corrected chi connectivity index (χ2v) is 7.33. The van der Waals surface area contributed by atoms with Crippen molar-refractivity contribution in [3.63, 3.8) is 0 Å². The first-order valence-corrected chi connectivity index (χ1v) is 9.61. The van der Waals surface area contributed by atoms with Crippen LogP contribution in [0.4, 0.5) is 14.6 Å². The van der Waals surface area contributed by atoms with Crippen LogP contribution >= 0.6 is 0 Å². The van der Waals surface area contributed by atoms with Crippen LogP contribution in [0.25, 0.3) is 0 Å². The SMILES string of the molecule is Cc1cc(C)c(C(=O)N[C@@H](Cc2cc(F)cc(F)c2)C(=O)NCc2ccc(N)nc2)[nH]1. The molecule has 0 fully saturated rings. The maximum Gasteiger partial charge on any atom is 0.268 e. The fourth-order valence-corrected chi connectivity index (χ4v) is 3.22. The molecule has 3 aromatic rings. The normalized spacial score (nSPS) is 11.7. The Hall–Kier alpha value is -3.75. The molecule has 2 heterocycles. The zero-order valence-electron chi connectivity index (χ0n) is 17.1. The van der Waals surface area contributed by atoms with Crippen LogP contribution < -0.4 is 16.4 Å². The zero-order chi connectivity index (χ0) is 22.5. The van der Waals surface area contributed by atoms with E-state index in [1.165, 1.54) is 6.20 Å². The van der Waals surface area contributed by atoms with Crippen LogP contribution in [0.3, 0.4) is 0 Å². The van der Waals surface area contributed by atoms with Gasteiger partial charge in [-0.25, -0.2) is 13.8 Å². The summed E-state index contributed by atoms with van der Waals surface area (Å²) in [5.41, 5.74) is 8.35. The highest BCUT2D eigenvalue weighted by atomic mass is 19.1. The lowest BCUT2D eigenvalue weighted by atomic mass is 10.0. The van der Waals surface area contributed by atoms with Crippen molar-refractivity contribution in [1.82, 2.24) is 20.6 Å². The number of aromatic amines is 1. The minimum Gasteiger partial charge on any atom is -0.384 e. The molecule has 1 atom stereocenters.